The van der Waals surface area contributed by atoms with Crippen molar-refractivity contribution in [1.29, 1.82) is 5.26 Å². The third-order valence-corrected chi connectivity index (χ3v) is 2.86. The lowest BCUT2D eigenvalue weighted by atomic mass is 10.1. The molecule has 1 aromatic rings. The van der Waals surface area contributed by atoms with Gasteiger partial charge in [-0.05, 0) is 29.8 Å². The molecule has 1 rings (SSSR count). The van der Waals surface area contributed by atoms with Gasteiger partial charge in [-0.1, -0.05) is 15.9 Å². The first-order valence-corrected chi connectivity index (χ1v) is 6.12. The fraction of sp³-hybridized carbons (Fsp3) is 0.231. The Balaban J connectivity index is 3.03. The van der Waals surface area contributed by atoms with E-state index in [-0.39, 0.29) is 0 Å². The van der Waals surface area contributed by atoms with E-state index in [1.807, 2.05) is 30.1 Å². The second-order valence-corrected chi connectivity index (χ2v) is 4.62. The monoisotopic (exact) mass is 308 g/mol. The van der Waals surface area contributed by atoms with E-state index < -0.39 is 5.97 Å². The molecule has 0 radical (unpaired) electrons. The molecule has 1 N–H and O–H groups in total. The van der Waals surface area contributed by atoms with E-state index in [4.69, 9.17) is 10.4 Å². The highest BCUT2D eigenvalue weighted by molar-refractivity contribution is 9.10. The number of hydrogen-bond donors (Lipinski definition) is 1. The first-order valence-electron chi connectivity index (χ1n) is 5.33. The molecule has 0 unspecified atom stereocenters. The van der Waals surface area contributed by atoms with E-state index in [1.54, 1.807) is 6.08 Å². The van der Waals surface area contributed by atoms with E-state index in [9.17, 15) is 4.79 Å². The summed E-state index contributed by atoms with van der Waals surface area (Å²) in [4.78, 5) is 12.5. The Morgan fingerprint density at radius 1 is 1.61 bits per heavy atom. The summed E-state index contributed by atoms with van der Waals surface area (Å²) in [5.41, 5.74) is 1.69. The average molecular weight is 309 g/mol. The van der Waals surface area contributed by atoms with Crippen LogP contribution in [0.3, 0.4) is 0 Å². The number of nitrogens with zero attached hydrogens (tertiary/aromatic N) is 2. The van der Waals surface area contributed by atoms with Crippen LogP contribution in [0.15, 0.2) is 28.7 Å². The summed E-state index contributed by atoms with van der Waals surface area (Å²) in [6.45, 7) is 0.603. The fourth-order valence-electron chi connectivity index (χ4n) is 1.51. The molecule has 0 heterocycles. The molecular formula is C13H13BrN2O2. The number of carboxylic acids is 1. The summed E-state index contributed by atoms with van der Waals surface area (Å²) < 4.78 is 0.880. The van der Waals surface area contributed by atoms with Crippen molar-refractivity contribution in [2.45, 2.75) is 6.42 Å². The lowest BCUT2D eigenvalue weighted by molar-refractivity contribution is -0.131. The van der Waals surface area contributed by atoms with Crippen molar-refractivity contribution in [2.75, 3.05) is 18.5 Å². The van der Waals surface area contributed by atoms with Gasteiger partial charge in [0, 0.05) is 29.8 Å². The molecule has 0 aliphatic rings. The van der Waals surface area contributed by atoms with Crippen LogP contribution in [-0.2, 0) is 4.79 Å². The standard InChI is InChI=1S/C13H13BrN2O2/c1-16(8-2-7-15)12-5-4-11(14)9-10(12)3-6-13(17)18/h3-6,9H,2,8H2,1H3,(H,17,18)/b6-3+. The minimum atomic E-state index is -0.986. The minimum absolute atomic E-state index is 0.425. The topological polar surface area (TPSA) is 64.3 Å². The van der Waals surface area contributed by atoms with Crippen molar-refractivity contribution in [1.82, 2.24) is 0 Å². The van der Waals surface area contributed by atoms with E-state index in [1.165, 1.54) is 0 Å². The molecule has 0 bridgehead atoms. The fourth-order valence-corrected chi connectivity index (χ4v) is 1.88. The predicted octanol–water partition coefficient (Wildman–Crippen LogP) is 2.90. The van der Waals surface area contributed by atoms with E-state index >= 15 is 0 Å². The van der Waals surface area contributed by atoms with Gasteiger partial charge in [-0.15, -0.1) is 0 Å². The van der Waals surface area contributed by atoms with Crippen molar-refractivity contribution in [2.24, 2.45) is 0 Å². The Bertz CT molecular complexity index is 506. The van der Waals surface area contributed by atoms with Crippen LogP contribution in [0.1, 0.15) is 12.0 Å². The molecule has 1 aromatic carbocycles. The lowest BCUT2D eigenvalue weighted by Crippen LogP contribution is -2.18. The Kier molecular flexibility index (Phi) is 5.40. The van der Waals surface area contributed by atoms with Gasteiger partial charge in [0.2, 0.25) is 0 Å². The van der Waals surface area contributed by atoms with Crippen LogP contribution in [0.4, 0.5) is 5.69 Å². The van der Waals surface area contributed by atoms with Crippen molar-refractivity contribution < 1.29 is 9.90 Å². The number of halogens is 1. The van der Waals surface area contributed by atoms with Gasteiger partial charge in [-0.25, -0.2) is 4.79 Å². The number of carboxylic acid groups (broad SMARTS) is 1. The Labute approximate surface area is 114 Å². The smallest absolute Gasteiger partial charge is 0.328 e. The summed E-state index contributed by atoms with van der Waals surface area (Å²) in [5, 5.41) is 17.2. The largest absolute Gasteiger partial charge is 0.478 e. The molecule has 0 saturated heterocycles. The summed E-state index contributed by atoms with van der Waals surface area (Å²) in [7, 11) is 1.87. The molecule has 18 heavy (non-hydrogen) atoms. The maximum atomic E-state index is 10.6. The van der Waals surface area contributed by atoms with Crippen molar-refractivity contribution in [3.8, 4) is 6.07 Å². The van der Waals surface area contributed by atoms with Gasteiger partial charge in [0.05, 0.1) is 12.5 Å². The second kappa shape index (κ2) is 6.82. The van der Waals surface area contributed by atoms with Crippen LogP contribution in [0.25, 0.3) is 6.08 Å². The van der Waals surface area contributed by atoms with Crippen LogP contribution >= 0.6 is 15.9 Å². The zero-order valence-electron chi connectivity index (χ0n) is 9.93. The molecule has 0 aliphatic heterocycles. The van der Waals surface area contributed by atoms with Gasteiger partial charge in [0.25, 0.3) is 0 Å². The van der Waals surface area contributed by atoms with Crippen molar-refractivity contribution in [3.05, 3.63) is 34.3 Å². The second-order valence-electron chi connectivity index (χ2n) is 3.70. The average Bonchev–Trinajstić information content (AvgIpc) is 2.33. The van der Waals surface area contributed by atoms with Gasteiger partial charge in [0.15, 0.2) is 0 Å². The van der Waals surface area contributed by atoms with E-state index in [0.29, 0.717) is 13.0 Å². The summed E-state index contributed by atoms with van der Waals surface area (Å²) >= 11 is 3.35. The highest BCUT2D eigenvalue weighted by Gasteiger charge is 2.06. The first kappa shape index (κ1) is 14.3. The maximum absolute atomic E-state index is 10.6. The number of anilines is 1. The van der Waals surface area contributed by atoms with Crippen LogP contribution in [-0.4, -0.2) is 24.7 Å². The van der Waals surface area contributed by atoms with Gasteiger partial charge >= 0.3 is 5.97 Å². The highest BCUT2D eigenvalue weighted by atomic mass is 79.9. The molecule has 0 amide bonds. The van der Waals surface area contributed by atoms with Crippen LogP contribution in [0.2, 0.25) is 0 Å². The zero-order valence-corrected chi connectivity index (χ0v) is 11.5. The SMILES string of the molecule is CN(CCC#N)c1ccc(Br)cc1/C=C/C(=O)O. The maximum Gasteiger partial charge on any atom is 0.328 e. The van der Waals surface area contributed by atoms with Crippen LogP contribution in [0, 0.1) is 11.3 Å². The molecule has 0 fully saturated rings. The Morgan fingerprint density at radius 2 is 2.33 bits per heavy atom. The summed E-state index contributed by atoms with van der Waals surface area (Å²) in [5.74, 6) is -0.986. The number of carbonyl (C=O) groups is 1. The minimum Gasteiger partial charge on any atom is -0.478 e. The third-order valence-electron chi connectivity index (χ3n) is 2.37. The number of aliphatic carboxylic acids is 1. The summed E-state index contributed by atoms with van der Waals surface area (Å²) in [6, 6.07) is 7.71. The van der Waals surface area contributed by atoms with E-state index in [2.05, 4.69) is 22.0 Å². The Hall–Kier alpha value is -1.80. The summed E-state index contributed by atoms with van der Waals surface area (Å²) in [6.07, 6.45) is 3.07. The number of nitriles is 1. The third kappa shape index (κ3) is 4.22. The van der Waals surface area contributed by atoms with Gasteiger partial charge < -0.3 is 10.0 Å². The van der Waals surface area contributed by atoms with E-state index in [0.717, 1.165) is 21.8 Å². The zero-order chi connectivity index (χ0) is 13.5. The molecule has 0 aliphatic carbocycles. The van der Waals surface area contributed by atoms with Crippen molar-refractivity contribution in [3.63, 3.8) is 0 Å². The van der Waals surface area contributed by atoms with Gasteiger partial charge in [-0.3, -0.25) is 0 Å². The van der Waals surface area contributed by atoms with Gasteiger partial charge in [0.1, 0.15) is 0 Å². The highest BCUT2D eigenvalue weighted by Crippen LogP contribution is 2.25. The molecule has 94 valence electrons. The molecule has 0 saturated carbocycles. The van der Waals surface area contributed by atoms with Crippen LogP contribution in [0.5, 0.6) is 0 Å². The number of hydrogen-bond acceptors (Lipinski definition) is 3. The number of benzene rings is 1. The molecule has 0 spiro atoms. The quantitative estimate of drug-likeness (QED) is 0.849. The molecule has 4 nitrogen and oxygen atoms in total. The predicted molar refractivity (Wildman–Crippen MR) is 74.3 cm³/mol. The lowest BCUT2D eigenvalue weighted by Gasteiger charge is -2.20. The Morgan fingerprint density at radius 3 is 2.94 bits per heavy atom. The molecule has 5 heteroatoms. The normalized spacial score (nSPS) is 10.3. The van der Waals surface area contributed by atoms with Crippen molar-refractivity contribution >= 4 is 33.7 Å². The molecule has 0 atom stereocenters. The van der Waals surface area contributed by atoms with Crippen LogP contribution < -0.4 is 4.90 Å². The molecular weight excluding hydrogens is 296 g/mol. The number of rotatable bonds is 5. The first-order chi connectivity index (χ1) is 8.54. The molecule has 0 aromatic heterocycles. The van der Waals surface area contributed by atoms with Gasteiger partial charge in [-0.2, -0.15) is 5.26 Å².